The average molecular weight is 312 g/mol. The molecule has 2 aromatic carbocycles. The second-order valence-electron chi connectivity index (χ2n) is 5.63. The lowest BCUT2D eigenvalue weighted by Crippen LogP contribution is -1.86. The van der Waals surface area contributed by atoms with Crippen LogP contribution in [0, 0.1) is 0 Å². The van der Waals surface area contributed by atoms with Crippen LogP contribution in [0.1, 0.15) is 0 Å². The standard InChI is InChI=1S/C19H12N4O/c24-14-8-2-1-5-11(14)19-22-17-13-7-4-9-20-15(13)12-6-3-10-21-16(12)18(17)23-19/h1-10,24H,(H,22,23). The van der Waals surface area contributed by atoms with E-state index in [1.165, 1.54) is 0 Å². The van der Waals surface area contributed by atoms with Crippen molar-refractivity contribution in [1.82, 2.24) is 19.9 Å². The van der Waals surface area contributed by atoms with Crippen LogP contribution in [0.5, 0.6) is 5.75 Å². The second-order valence-corrected chi connectivity index (χ2v) is 5.63. The number of phenols is 1. The van der Waals surface area contributed by atoms with Crippen LogP contribution in [-0.2, 0) is 0 Å². The Morgan fingerprint density at radius 2 is 1.46 bits per heavy atom. The van der Waals surface area contributed by atoms with E-state index in [1.807, 2.05) is 36.4 Å². The van der Waals surface area contributed by atoms with E-state index in [4.69, 9.17) is 4.98 Å². The van der Waals surface area contributed by atoms with Crippen LogP contribution >= 0.6 is 0 Å². The molecule has 2 N–H and O–H groups in total. The topological polar surface area (TPSA) is 74.7 Å². The molecule has 3 heterocycles. The molecular formula is C19H12N4O. The molecule has 5 nitrogen and oxygen atoms in total. The molecule has 0 aliphatic rings. The maximum Gasteiger partial charge on any atom is 0.142 e. The summed E-state index contributed by atoms with van der Waals surface area (Å²) in [6.07, 6.45) is 3.54. The van der Waals surface area contributed by atoms with E-state index in [1.54, 1.807) is 24.5 Å². The minimum absolute atomic E-state index is 0.191. The molecule has 0 spiro atoms. The van der Waals surface area contributed by atoms with Gasteiger partial charge < -0.3 is 10.1 Å². The minimum atomic E-state index is 0.191. The van der Waals surface area contributed by atoms with Crippen molar-refractivity contribution in [3.8, 4) is 17.1 Å². The van der Waals surface area contributed by atoms with Gasteiger partial charge in [-0.05, 0) is 36.4 Å². The first-order valence-corrected chi connectivity index (χ1v) is 7.62. The van der Waals surface area contributed by atoms with Crippen LogP contribution in [0.4, 0.5) is 0 Å². The number of imidazole rings is 1. The zero-order valence-corrected chi connectivity index (χ0v) is 12.6. The Hall–Kier alpha value is -3.47. The molecule has 5 rings (SSSR count). The third kappa shape index (κ3) is 1.72. The Balaban J connectivity index is 1.98. The van der Waals surface area contributed by atoms with E-state index in [2.05, 4.69) is 15.0 Å². The SMILES string of the molecule is Oc1ccccc1-c1nc2c3cccnc3c3cccnc3c2[nH]1. The molecule has 114 valence electrons. The van der Waals surface area contributed by atoms with E-state index in [0.717, 1.165) is 32.8 Å². The molecule has 0 amide bonds. The van der Waals surface area contributed by atoms with Gasteiger partial charge in [0.05, 0.1) is 22.1 Å². The summed E-state index contributed by atoms with van der Waals surface area (Å²) in [7, 11) is 0. The van der Waals surface area contributed by atoms with Gasteiger partial charge in [-0.1, -0.05) is 12.1 Å². The number of benzene rings is 2. The van der Waals surface area contributed by atoms with Crippen LogP contribution in [0.2, 0.25) is 0 Å². The number of phenolic OH excluding ortho intramolecular Hbond substituents is 1. The molecule has 0 saturated heterocycles. The molecule has 5 heteroatoms. The Labute approximate surface area is 136 Å². The van der Waals surface area contributed by atoms with Gasteiger partial charge >= 0.3 is 0 Å². The van der Waals surface area contributed by atoms with E-state index in [-0.39, 0.29) is 5.75 Å². The summed E-state index contributed by atoms with van der Waals surface area (Å²) in [6, 6.07) is 15.0. The van der Waals surface area contributed by atoms with Crippen molar-refractivity contribution >= 4 is 32.8 Å². The Morgan fingerprint density at radius 1 is 0.750 bits per heavy atom. The van der Waals surface area contributed by atoms with E-state index in [0.29, 0.717) is 11.4 Å². The lowest BCUT2D eigenvalue weighted by molar-refractivity contribution is 0.477. The lowest BCUT2D eigenvalue weighted by Gasteiger charge is -2.03. The van der Waals surface area contributed by atoms with E-state index in [9.17, 15) is 5.11 Å². The third-order valence-corrected chi connectivity index (χ3v) is 4.23. The quantitative estimate of drug-likeness (QED) is 0.458. The molecule has 0 bridgehead atoms. The van der Waals surface area contributed by atoms with Crippen LogP contribution in [-0.4, -0.2) is 25.0 Å². The maximum absolute atomic E-state index is 10.1. The highest BCUT2D eigenvalue weighted by Gasteiger charge is 2.16. The van der Waals surface area contributed by atoms with Gasteiger partial charge in [-0.2, -0.15) is 0 Å². The fraction of sp³-hybridized carbons (Fsp3) is 0. The number of rotatable bonds is 1. The highest BCUT2D eigenvalue weighted by molar-refractivity contribution is 6.21. The van der Waals surface area contributed by atoms with Crippen molar-refractivity contribution in [1.29, 1.82) is 0 Å². The van der Waals surface area contributed by atoms with Crippen molar-refractivity contribution in [3.63, 3.8) is 0 Å². The van der Waals surface area contributed by atoms with Crippen molar-refractivity contribution < 1.29 is 5.11 Å². The number of fused-ring (bicyclic) bond motifs is 6. The average Bonchev–Trinajstić information content (AvgIpc) is 3.08. The molecule has 0 unspecified atom stereocenters. The summed E-state index contributed by atoms with van der Waals surface area (Å²) in [5.74, 6) is 0.808. The predicted octanol–water partition coefficient (Wildman–Crippen LogP) is 4.03. The molecule has 0 saturated carbocycles. The van der Waals surface area contributed by atoms with Gasteiger partial charge in [-0.3, -0.25) is 9.97 Å². The normalized spacial score (nSPS) is 11.5. The van der Waals surface area contributed by atoms with Gasteiger partial charge in [-0.15, -0.1) is 0 Å². The Bertz CT molecular complexity index is 1150. The number of hydrogen-bond acceptors (Lipinski definition) is 4. The lowest BCUT2D eigenvalue weighted by atomic mass is 10.1. The number of aromatic nitrogens is 4. The zero-order valence-electron chi connectivity index (χ0n) is 12.6. The van der Waals surface area contributed by atoms with Gasteiger partial charge in [0.15, 0.2) is 0 Å². The van der Waals surface area contributed by atoms with Crippen LogP contribution < -0.4 is 0 Å². The largest absolute Gasteiger partial charge is 0.507 e. The summed E-state index contributed by atoms with van der Waals surface area (Å²) in [6.45, 7) is 0. The molecule has 0 radical (unpaired) electrons. The van der Waals surface area contributed by atoms with Gasteiger partial charge in [0.2, 0.25) is 0 Å². The molecule has 0 fully saturated rings. The number of nitrogens with one attached hydrogen (secondary N) is 1. The number of nitrogens with zero attached hydrogens (tertiary/aromatic N) is 3. The van der Waals surface area contributed by atoms with Crippen LogP contribution in [0.3, 0.4) is 0 Å². The molecule has 0 aliphatic heterocycles. The molecular weight excluding hydrogens is 300 g/mol. The summed E-state index contributed by atoms with van der Waals surface area (Å²) in [5, 5.41) is 12.1. The predicted molar refractivity (Wildman–Crippen MR) is 93.8 cm³/mol. The minimum Gasteiger partial charge on any atom is -0.507 e. The van der Waals surface area contributed by atoms with Gasteiger partial charge in [0.1, 0.15) is 17.1 Å². The number of aromatic amines is 1. The van der Waals surface area contributed by atoms with E-state index < -0.39 is 0 Å². The molecule has 5 aromatic rings. The Kier molecular flexibility index (Phi) is 2.58. The smallest absolute Gasteiger partial charge is 0.142 e. The number of H-pyrrole nitrogens is 1. The first kappa shape index (κ1) is 13.0. The number of aromatic hydroxyl groups is 1. The summed E-state index contributed by atoms with van der Waals surface area (Å²) >= 11 is 0. The third-order valence-electron chi connectivity index (χ3n) is 4.23. The molecule has 0 atom stereocenters. The number of para-hydroxylation sites is 1. The highest BCUT2D eigenvalue weighted by atomic mass is 16.3. The van der Waals surface area contributed by atoms with Crippen molar-refractivity contribution in [2.24, 2.45) is 0 Å². The maximum atomic E-state index is 10.1. The highest BCUT2D eigenvalue weighted by Crippen LogP contribution is 2.34. The van der Waals surface area contributed by atoms with Gasteiger partial charge in [-0.25, -0.2) is 4.98 Å². The number of pyridine rings is 2. The van der Waals surface area contributed by atoms with Crippen LogP contribution in [0.25, 0.3) is 44.2 Å². The van der Waals surface area contributed by atoms with E-state index >= 15 is 0 Å². The summed E-state index contributed by atoms with van der Waals surface area (Å²) in [5.41, 5.74) is 4.03. The second kappa shape index (κ2) is 4.76. The fourth-order valence-electron chi connectivity index (χ4n) is 3.15. The van der Waals surface area contributed by atoms with Gasteiger partial charge in [0.25, 0.3) is 0 Å². The number of hydrogen-bond donors (Lipinski definition) is 2. The fourth-order valence-corrected chi connectivity index (χ4v) is 3.15. The summed E-state index contributed by atoms with van der Waals surface area (Å²) < 4.78 is 0. The first-order valence-electron chi connectivity index (χ1n) is 7.62. The molecule has 0 aliphatic carbocycles. The monoisotopic (exact) mass is 312 g/mol. The van der Waals surface area contributed by atoms with Crippen molar-refractivity contribution in [3.05, 3.63) is 60.9 Å². The van der Waals surface area contributed by atoms with Crippen molar-refractivity contribution in [2.75, 3.05) is 0 Å². The molecule has 3 aromatic heterocycles. The molecule has 24 heavy (non-hydrogen) atoms. The Morgan fingerprint density at radius 3 is 2.25 bits per heavy atom. The first-order chi connectivity index (χ1) is 11.8. The van der Waals surface area contributed by atoms with Crippen molar-refractivity contribution in [2.45, 2.75) is 0 Å². The van der Waals surface area contributed by atoms with Crippen LogP contribution in [0.15, 0.2) is 60.9 Å². The van der Waals surface area contributed by atoms with Gasteiger partial charge in [0, 0.05) is 23.2 Å². The summed E-state index contributed by atoms with van der Waals surface area (Å²) in [4.78, 5) is 17.1. The zero-order chi connectivity index (χ0) is 16.1.